The topological polar surface area (TPSA) is 125 Å². The average Bonchev–Trinajstić information content (AvgIpc) is 3.71. The number of carbonyl (C=O) groups excluding carboxylic acids is 2. The molecule has 3 aromatic heterocycles. The second-order valence-electron chi connectivity index (χ2n) is 9.04. The lowest BCUT2D eigenvalue weighted by molar-refractivity contribution is 0.0454. The molecule has 3 heterocycles. The number of hydrogen-bond acceptors (Lipinski definition) is 8. The van der Waals surface area contributed by atoms with E-state index in [0.29, 0.717) is 17.2 Å². The van der Waals surface area contributed by atoms with Gasteiger partial charge in [-0.25, -0.2) is 4.79 Å². The minimum Gasteiger partial charge on any atom is -0.454 e. The minimum atomic E-state index is -0.583. The maximum absolute atomic E-state index is 12.6. The molecule has 6 rings (SSSR count). The summed E-state index contributed by atoms with van der Waals surface area (Å²) in [6, 6.07) is 24.1. The lowest BCUT2D eigenvalue weighted by Crippen LogP contribution is -2.45. The van der Waals surface area contributed by atoms with Crippen molar-refractivity contribution >= 4 is 11.9 Å². The van der Waals surface area contributed by atoms with Crippen molar-refractivity contribution in [3.63, 3.8) is 0 Å². The van der Waals surface area contributed by atoms with Gasteiger partial charge in [0.15, 0.2) is 22.9 Å². The summed E-state index contributed by atoms with van der Waals surface area (Å²) >= 11 is 0. The third-order valence-corrected chi connectivity index (χ3v) is 6.42. The number of nitrogens with zero attached hydrogens (tertiary/aromatic N) is 4. The number of hydrogen-bond donors (Lipinski definition) is 1. The van der Waals surface area contributed by atoms with E-state index >= 15 is 0 Å². The molecule has 1 saturated carbocycles. The maximum atomic E-state index is 12.6. The van der Waals surface area contributed by atoms with Gasteiger partial charge < -0.3 is 19.1 Å². The van der Waals surface area contributed by atoms with E-state index in [-0.39, 0.29) is 36.0 Å². The molecular formula is C28H23N5O5. The fourth-order valence-electron chi connectivity index (χ4n) is 4.28. The first-order valence-corrected chi connectivity index (χ1v) is 12.2. The molecule has 2 aromatic carbocycles. The van der Waals surface area contributed by atoms with Crippen molar-refractivity contribution in [2.45, 2.75) is 31.5 Å². The number of amides is 1. The molecule has 0 spiro atoms. The summed E-state index contributed by atoms with van der Waals surface area (Å²) in [5.41, 5.74) is 2.66. The Morgan fingerprint density at radius 2 is 1.47 bits per heavy atom. The molecule has 38 heavy (non-hydrogen) atoms. The summed E-state index contributed by atoms with van der Waals surface area (Å²) < 4.78 is 17.8. The van der Waals surface area contributed by atoms with E-state index < -0.39 is 5.97 Å². The monoisotopic (exact) mass is 509 g/mol. The van der Waals surface area contributed by atoms with Gasteiger partial charge in [0.25, 0.3) is 5.91 Å². The van der Waals surface area contributed by atoms with Crippen LogP contribution in [0, 0.1) is 0 Å². The molecule has 0 radical (unpaired) electrons. The molecule has 10 heteroatoms. The Hall–Kier alpha value is -4.99. The number of benzene rings is 2. The van der Waals surface area contributed by atoms with Gasteiger partial charge in [-0.05, 0) is 18.9 Å². The Labute approximate surface area is 217 Å². The van der Waals surface area contributed by atoms with E-state index in [2.05, 4.69) is 20.7 Å². The van der Waals surface area contributed by atoms with Crippen LogP contribution >= 0.6 is 0 Å². The van der Waals surface area contributed by atoms with Gasteiger partial charge in [-0.15, -0.1) is 0 Å². The van der Waals surface area contributed by atoms with Crippen LogP contribution in [-0.4, -0.2) is 38.0 Å². The Bertz CT molecular complexity index is 1550. The third kappa shape index (κ3) is 4.96. The molecule has 1 aliphatic carbocycles. The van der Waals surface area contributed by atoms with E-state index in [4.69, 9.17) is 13.8 Å². The smallest absolute Gasteiger partial charge is 0.360 e. The van der Waals surface area contributed by atoms with Gasteiger partial charge in [0.2, 0.25) is 0 Å². The van der Waals surface area contributed by atoms with Gasteiger partial charge in [-0.3, -0.25) is 9.48 Å². The van der Waals surface area contributed by atoms with Crippen LogP contribution in [0.1, 0.15) is 45.6 Å². The normalized spacial score (nSPS) is 16.5. The first-order chi connectivity index (χ1) is 18.6. The second-order valence-corrected chi connectivity index (χ2v) is 9.04. The van der Waals surface area contributed by atoms with Gasteiger partial charge in [0.1, 0.15) is 6.61 Å². The largest absolute Gasteiger partial charge is 0.454 e. The quantitative estimate of drug-likeness (QED) is 0.299. The molecule has 0 unspecified atom stereocenters. The van der Waals surface area contributed by atoms with Crippen molar-refractivity contribution in [3.05, 3.63) is 102 Å². The van der Waals surface area contributed by atoms with E-state index in [1.165, 1.54) is 0 Å². The highest BCUT2D eigenvalue weighted by atomic mass is 16.5. The van der Waals surface area contributed by atoms with Crippen LogP contribution in [0.15, 0.2) is 94.1 Å². The number of carbonyl (C=O) groups is 2. The molecule has 0 bridgehead atoms. The number of esters is 1. The highest BCUT2D eigenvalue weighted by Gasteiger charge is 2.33. The molecule has 1 N–H and O–H groups in total. The van der Waals surface area contributed by atoms with Crippen LogP contribution in [0.25, 0.3) is 22.6 Å². The van der Waals surface area contributed by atoms with Crippen molar-refractivity contribution in [1.82, 2.24) is 25.4 Å². The Morgan fingerprint density at radius 3 is 2.13 bits per heavy atom. The average molecular weight is 510 g/mol. The van der Waals surface area contributed by atoms with Crippen molar-refractivity contribution in [1.29, 1.82) is 0 Å². The predicted octanol–water partition coefficient (Wildman–Crippen LogP) is 4.68. The van der Waals surface area contributed by atoms with Gasteiger partial charge in [0, 0.05) is 35.5 Å². The summed E-state index contributed by atoms with van der Waals surface area (Å²) in [7, 11) is 0. The van der Waals surface area contributed by atoms with Crippen molar-refractivity contribution in [2.24, 2.45) is 0 Å². The molecule has 10 nitrogen and oxygen atoms in total. The number of ether oxygens (including phenoxy) is 1. The van der Waals surface area contributed by atoms with Crippen LogP contribution in [0.5, 0.6) is 0 Å². The van der Waals surface area contributed by atoms with Crippen molar-refractivity contribution in [2.75, 3.05) is 0 Å². The van der Waals surface area contributed by atoms with E-state index in [1.807, 2.05) is 71.5 Å². The van der Waals surface area contributed by atoms with Crippen LogP contribution in [0.4, 0.5) is 0 Å². The Balaban J connectivity index is 0.973. The van der Waals surface area contributed by atoms with Gasteiger partial charge in [-0.1, -0.05) is 71.0 Å². The third-order valence-electron chi connectivity index (χ3n) is 6.42. The lowest BCUT2D eigenvalue weighted by atomic mass is 9.87. The first-order valence-electron chi connectivity index (χ1n) is 12.2. The zero-order valence-electron chi connectivity index (χ0n) is 20.2. The molecule has 0 aliphatic heterocycles. The van der Waals surface area contributed by atoms with Gasteiger partial charge in [-0.2, -0.15) is 5.10 Å². The highest BCUT2D eigenvalue weighted by Crippen LogP contribution is 2.32. The summed E-state index contributed by atoms with van der Waals surface area (Å²) in [6.45, 7) is 0.0160. The number of aromatic nitrogens is 4. The Morgan fingerprint density at radius 1 is 0.868 bits per heavy atom. The first kappa shape index (κ1) is 23.4. The van der Waals surface area contributed by atoms with E-state index in [1.54, 1.807) is 18.2 Å². The molecule has 1 fully saturated rings. The second kappa shape index (κ2) is 10.2. The summed E-state index contributed by atoms with van der Waals surface area (Å²) in [4.78, 5) is 25.0. The standard InChI is InChI=1S/C28H23N5O5/c34-27(23-15-25(37-31-23)18-7-3-1-4-8-18)29-21-13-22(14-21)33-12-11-20(30-33)17-36-28(35)24-16-26(38-32-24)19-9-5-2-6-10-19/h1-12,15-16,21-22H,13-14,17H2,(H,29,34)/t21-,22+. The van der Waals surface area contributed by atoms with Crippen LogP contribution in [-0.2, 0) is 11.3 Å². The lowest BCUT2D eigenvalue weighted by Gasteiger charge is -2.35. The fourth-order valence-corrected chi connectivity index (χ4v) is 4.28. The molecule has 190 valence electrons. The maximum Gasteiger partial charge on any atom is 0.360 e. The molecule has 0 atom stereocenters. The number of rotatable bonds is 8. The number of nitrogens with one attached hydrogen (secondary N) is 1. The molecule has 0 saturated heterocycles. The minimum absolute atomic E-state index is 0.0147. The Kier molecular flexibility index (Phi) is 6.27. The van der Waals surface area contributed by atoms with Crippen LogP contribution < -0.4 is 5.32 Å². The summed E-state index contributed by atoms with van der Waals surface area (Å²) in [6.07, 6.45) is 3.31. The van der Waals surface area contributed by atoms with Crippen molar-refractivity contribution < 1.29 is 23.4 Å². The van der Waals surface area contributed by atoms with E-state index in [9.17, 15) is 9.59 Å². The molecular weight excluding hydrogens is 486 g/mol. The highest BCUT2D eigenvalue weighted by molar-refractivity contribution is 5.93. The summed E-state index contributed by atoms with van der Waals surface area (Å²) in [5, 5.41) is 15.2. The zero-order valence-corrected chi connectivity index (χ0v) is 20.2. The van der Waals surface area contributed by atoms with Gasteiger partial charge >= 0.3 is 5.97 Å². The van der Waals surface area contributed by atoms with Gasteiger partial charge in [0.05, 0.1) is 11.7 Å². The summed E-state index contributed by atoms with van der Waals surface area (Å²) in [5.74, 6) is 0.191. The molecule has 1 amide bonds. The molecule has 5 aromatic rings. The van der Waals surface area contributed by atoms with Crippen LogP contribution in [0.2, 0.25) is 0 Å². The zero-order chi connectivity index (χ0) is 25.9. The van der Waals surface area contributed by atoms with Crippen LogP contribution in [0.3, 0.4) is 0 Å². The van der Waals surface area contributed by atoms with E-state index in [0.717, 1.165) is 24.0 Å². The predicted molar refractivity (Wildman–Crippen MR) is 135 cm³/mol. The van der Waals surface area contributed by atoms with Crippen molar-refractivity contribution in [3.8, 4) is 22.6 Å². The SMILES string of the molecule is O=C(N[C@H]1C[C@@H](n2ccc(COC(=O)c3cc(-c4ccccc4)on3)n2)C1)c1cc(-c2ccccc2)on1. The fraction of sp³-hybridized carbons (Fsp3) is 0.179. The molecule has 1 aliphatic rings.